The van der Waals surface area contributed by atoms with Crippen LogP contribution in [0.5, 0.6) is 0 Å². The molecule has 1 aromatic carbocycles. The van der Waals surface area contributed by atoms with E-state index >= 15 is 0 Å². The van der Waals surface area contributed by atoms with Crippen molar-refractivity contribution in [3.63, 3.8) is 0 Å². The molecule has 1 nitrogen and oxygen atoms in total. The Labute approximate surface area is 83.0 Å². The van der Waals surface area contributed by atoms with Crippen LogP contribution in [0.25, 0.3) is 0 Å². The summed E-state index contributed by atoms with van der Waals surface area (Å²) in [5.41, 5.74) is 1.79. The topological polar surface area (TPSA) is 23.8 Å². The average Bonchev–Trinajstić information content (AvgIpc) is 2.13. The molecule has 0 bridgehead atoms. The fraction of sp³-hybridized carbons (Fsp3) is 0.182. The van der Waals surface area contributed by atoms with Crippen molar-refractivity contribution >= 4 is 11.6 Å². The van der Waals surface area contributed by atoms with Crippen molar-refractivity contribution in [2.75, 3.05) is 0 Å². The molecule has 0 fully saturated rings. The number of nitrogens with zero attached hydrogens (tertiary/aromatic N) is 1. The molecule has 0 spiro atoms. The Kier molecular flexibility index (Phi) is 3.38. The molecule has 1 aromatic rings. The van der Waals surface area contributed by atoms with Gasteiger partial charge in [-0.15, -0.1) is 0 Å². The molecule has 1 rings (SSSR count). The van der Waals surface area contributed by atoms with Crippen molar-refractivity contribution in [3.8, 4) is 17.9 Å². The van der Waals surface area contributed by atoms with E-state index in [-0.39, 0.29) is 6.42 Å². The number of nitriles is 1. The van der Waals surface area contributed by atoms with Crippen molar-refractivity contribution in [2.24, 2.45) is 0 Å². The van der Waals surface area contributed by atoms with E-state index in [1.165, 1.54) is 0 Å². The fourth-order valence-corrected chi connectivity index (χ4v) is 1.10. The number of aryl methyl sites for hydroxylation is 1. The number of benzene rings is 1. The first-order valence-corrected chi connectivity index (χ1v) is 4.24. The van der Waals surface area contributed by atoms with Crippen molar-refractivity contribution in [1.29, 1.82) is 5.26 Å². The van der Waals surface area contributed by atoms with Crippen LogP contribution < -0.4 is 0 Å². The highest BCUT2D eigenvalue weighted by atomic mass is 35.5. The van der Waals surface area contributed by atoms with E-state index in [2.05, 4.69) is 11.8 Å². The molecule has 0 saturated carbocycles. The lowest BCUT2D eigenvalue weighted by atomic mass is 10.1. The molecule has 0 aliphatic heterocycles. The summed E-state index contributed by atoms with van der Waals surface area (Å²) in [5.74, 6) is 5.57. The molecule has 0 heterocycles. The van der Waals surface area contributed by atoms with E-state index < -0.39 is 0 Å². The predicted octanol–water partition coefficient (Wildman–Crippen LogP) is 2.91. The van der Waals surface area contributed by atoms with Gasteiger partial charge in [-0.25, -0.2) is 0 Å². The Morgan fingerprint density at radius 1 is 1.46 bits per heavy atom. The average molecular weight is 190 g/mol. The van der Waals surface area contributed by atoms with Gasteiger partial charge in [-0.1, -0.05) is 35.6 Å². The van der Waals surface area contributed by atoms with Crippen LogP contribution in [0, 0.1) is 30.1 Å². The molecule has 13 heavy (non-hydrogen) atoms. The van der Waals surface area contributed by atoms with Gasteiger partial charge in [-0.05, 0) is 18.6 Å². The van der Waals surface area contributed by atoms with Crippen LogP contribution in [0.1, 0.15) is 17.5 Å². The van der Waals surface area contributed by atoms with Crippen LogP contribution in [0.2, 0.25) is 5.02 Å². The maximum absolute atomic E-state index is 8.28. The maximum Gasteiger partial charge on any atom is 0.0966 e. The first kappa shape index (κ1) is 9.65. The second-order valence-corrected chi connectivity index (χ2v) is 2.95. The van der Waals surface area contributed by atoms with Crippen LogP contribution in [-0.4, -0.2) is 0 Å². The molecule has 0 aromatic heterocycles. The van der Waals surface area contributed by atoms with Gasteiger partial charge in [0.1, 0.15) is 0 Å². The molecule has 0 saturated heterocycles. The van der Waals surface area contributed by atoms with Gasteiger partial charge in [-0.3, -0.25) is 0 Å². The first-order valence-electron chi connectivity index (χ1n) is 3.86. The van der Waals surface area contributed by atoms with E-state index in [0.717, 1.165) is 11.1 Å². The SMILES string of the molecule is Cc1cccc(C#CCC#N)c1Cl. The van der Waals surface area contributed by atoms with Crippen LogP contribution in [0.3, 0.4) is 0 Å². The smallest absolute Gasteiger partial charge is 0.0966 e. The molecular formula is C11H8ClN. The lowest BCUT2D eigenvalue weighted by Gasteiger charge is -1.98. The summed E-state index contributed by atoms with van der Waals surface area (Å²) >= 11 is 5.99. The monoisotopic (exact) mass is 189 g/mol. The summed E-state index contributed by atoms with van der Waals surface area (Å²) in [5, 5.41) is 8.96. The summed E-state index contributed by atoms with van der Waals surface area (Å²) in [4.78, 5) is 0. The summed E-state index contributed by atoms with van der Waals surface area (Å²) < 4.78 is 0. The van der Waals surface area contributed by atoms with Gasteiger partial charge in [0.05, 0.1) is 17.5 Å². The lowest BCUT2D eigenvalue weighted by molar-refractivity contribution is 1.39. The fourth-order valence-electron chi connectivity index (χ4n) is 0.923. The third-order valence-electron chi connectivity index (χ3n) is 1.58. The quantitative estimate of drug-likeness (QED) is 0.576. The van der Waals surface area contributed by atoms with E-state index in [1.807, 2.05) is 31.2 Å². The third kappa shape index (κ3) is 2.51. The molecule has 0 atom stereocenters. The second-order valence-electron chi connectivity index (χ2n) is 2.57. The second kappa shape index (κ2) is 4.55. The van der Waals surface area contributed by atoms with Gasteiger partial charge in [0.25, 0.3) is 0 Å². The van der Waals surface area contributed by atoms with E-state index in [9.17, 15) is 0 Å². The highest BCUT2D eigenvalue weighted by molar-refractivity contribution is 6.32. The van der Waals surface area contributed by atoms with Crippen LogP contribution in [-0.2, 0) is 0 Å². The zero-order valence-corrected chi connectivity index (χ0v) is 8.02. The molecule has 0 radical (unpaired) electrons. The maximum atomic E-state index is 8.28. The minimum atomic E-state index is 0.240. The number of rotatable bonds is 0. The van der Waals surface area contributed by atoms with Gasteiger partial charge >= 0.3 is 0 Å². The summed E-state index contributed by atoms with van der Waals surface area (Å²) in [6, 6.07) is 7.63. The Hall–Kier alpha value is -1.44. The molecular weight excluding hydrogens is 182 g/mol. The van der Waals surface area contributed by atoms with E-state index in [1.54, 1.807) is 0 Å². The lowest BCUT2D eigenvalue weighted by Crippen LogP contribution is -1.80. The molecule has 0 N–H and O–H groups in total. The molecule has 2 heteroatoms. The van der Waals surface area contributed by atoms with Crippen molar-refractivity contribution in [1.82, 2.24) is 0 Å². The molecule has 0 amide bonds. The number of hydrogen-bond donors (Lipinski definition) is 0. The van der Waals surface area contributed by atoms with Gasteiger partial charge in [0.15, 0.2) is 0 Å². The normalized spacial score (nSPS) is 8.38. The standard InChI is InChI=1S/C11H8ClN/c1-9-5-4-7-10(11(9)12)6-2-3-8-13/h4-5,7H,3H2,1H3. The molecule has 64 valence electrons. The zero-order valence-electron chi connectivity index (χ0n) is 7.26. The van der Waals surface area contributed by atoms with E-state index in [0.29, 0.717) is 5.02 Å². The minimum Gasteiger partial charge on any atom is -0.197 e. The van der Waals surface area contributed by atoms with E-state index in [4.69, 9.17) is 16.9 Å². The van der Waals surface area contributed by atoms with Crippen molar-refractivity contribution in [3.05, 3.63) is 34.3 Å². The molecule has 0 unspecified atom stereocenters. The molecule has 0 aliphatic rings. The molecule has 0 aliphatic carbocycles. The Morgan fingerprint density at radius 3 is 2.92 bits per heavy atom. The van der Waals surface area contributed by atoms with Crippen LogP contribution >= 0.6 is 11.6 Å². The zero-order chi connectivity index (χ0) is 9.68. The Balaban J connectivity index is 2.99. The van der Waals surface area contributed by atoms with Gasteiger partial charge in [0, 0.05) is 5.56 Å². The predicted molar refractivity (Wildman–Crippen MR) is 53.3 cm³/mol. The minimum absolute atomic E-state index is 0.240. The first-order chi connectivity index (χ1) is 6.25. The Morgan fingerprint density at radius 2 is 2.23 bits per heavy atom. The number of hydrogen-bond acceptors (Lipinski definition) is 1. The van der Waals surface area contributed by atoms with Crippen molar-refractivity contribution in [2.45, 2.75) is 13.3 Å². The Bertz CT molecular complexity index is 404. The van der Waals surface area contributed by atoms with Crippen LogP contribution in [0.15, 0.2) is 18.2 Å². The van der Waals surface area contributed by atoms with Crippen LogP contribution in [0.4, 0.5) is 0 Å². The van der Waals surface area contributed by atoms with Gasteiger partial charge in [-0.2, -0.15) is 5.26 Å². The van der Waals surface area contributed by atoms with Gasteiger partial charge < -0.3 is 0 Å². The summed E-state index contributed by atoms with van der Waals surface area (Å²) in [6.45, 7) is 1.93. The summed E-state index contributed by atoms with van der Waals surface area (Å²) in [7, 11) is 0. The van der Waals surface area contributed by atoms with Crippen molar-refractivity contribution < 1.29 is 0 Å². The highest BCUT2D eigenvalue weighted by Gasteiger charge is 1.97. The largest absolute Gasteiger partial charge is 0.197 e. The number of halogens is 1. The summed E-state index contributed by atoms with van der Waals surface area (Å²) in [6.07, 6.45) is 0.240. The highest BCUT2D eigenvalue weighted by Crippen LogP contribution is 2.18. The van der Waals surface area contributed by atoms with Gasteiger partial charge in [0.2, 0.25) is 0 Å². The third-order valence-corrected chi connectivity index (χ3v) is 2.08.